The van der Waals surface area contributed by atoms with Crippen LogP contribution in [0.5, 0.6) is 0 Å². The molecule has 0 unspecified atom stereocenters. The van der Waals surface area contributed by atoms with Gasteiger partial charge in [0.05, 0.1) is 0 Å². The fraction of sp³-hybridized carbons (Fsp3) is 0.750. The molecular weight excluding hydrogens is 240 g/mol. The minimum absolute atomic E-state index is 0.153. The fourth-order valence-corrected chi connectivity index (χ4v) is 3.93. The molecular formula is C16H24O3. The first-order chi connectivity index (χ1) is 9.24. The van der Waals surface area contributed by atoms with Gasteiger partial charge in [-0.15, -0.1) is 0 Å². The molecule has 2 aliphatic carbocycles. The summed E-state index contributed by atoms with van der Waals surface area (Å²) in [6.45, 7) is 3.85. The molecule has 0 radical (unpaired) electrons. The van der Waals surface area contributed by atoms with E-state index in [-0.39, 0.29) is 18.5 Å². The molecule has 0 aromatic carbocycles. The molecule has 19 heavy (non-hydrogen) atoms. The summed E-state index contributed by atoms with van der Waals surface area (Å²) in [5.74, 6) is 1.11. The van der Waals surface area contributed by atoms with E-state index < -0.39 is 0 Å². The highest BCUT2D eigenvalue weighted by Gasteiger charge is 2.37. The van der Waals surface area contributed by atoms with E-state index >= 15 is 0 Å². The standard InChI is InChI=1S/C16H24O3/c1-12(16(18)19-11-10-17)15(13-6-2-3-7-13)14-8-4-5-9-14/h10,13-15H,1-9,11H2. The lowest BCUT2D eigenvalue weighted by atomic mass is 9.75. The zero-order valence-corrected chi connectivity index (χ0v) is 11.6. The molecule has 2 rings (SSSR count). The van der Waals surface area contributed by atoms with E-state index in [4.69, 9.17) is 4.74 Å². The molecule has 2 fully saturated rings. The van der Waals surface area contributed by atoms with Crippen LogP contribution in [-0.4, -0.2) is 18.9 Å². The number of rotatable bonds is 6. The molecule has 3 heteroatoms. The Labute approximate surface area is 115 Å². The van der Waals surface area contributed by atoms with Crippen molar-refractivity contribution >= 4 is 12.3 Å². The number of carbonyl (C=O) groups excluding carboxylic acids is 2. The molecule has 0 aromatic heterocycles. The Hall–Kier alpha value is -1.12. The Morgan fingerprint density at radius 3 is 2.00 bits per heavy atom. The summed E-state index contributed by atoms with van der Waals surface area (Å²) in [7, 11) is 0. The molecule has 3 nitrogen and oxygen atoms in total. The van der Waals surface area contributed by atoms with Crippen LogP contribution in [0, 0.1) is 17.8 Å². The fourth-order valence-electron chi connectivity index (χ4n) is 3.93. The second-order valence-corrected chi connectivity index (χ2v) is 5.91. The molecule has 2 aliphatic rings. The first kappa shape index (κ1) is 14.3. The Morgan fingerprint density at radius 1 is 1.11 bits per heavy atom. The minimum Gasteiger partial charge on any atom is -0.455 e. The molecule has 0 atom stereocenters. The first-order valence-corrected chi connectivity index (χ1v) is 7.53. The van der Waals surface area contributed by atoms with E-state index in [1.54, 1.807) is 0 Å². The van der Waals surface area contributed by atoms with E-state index in [1.165, 1.54) is 51.4 Å². The van der Waals surface area contributed by atoms with Gasteiger partial charge in [0.2, 0.25) is 0 Å². The zero-order valence-electron chi connectivity index (χ0n) is 11.6. The zero-order chi connectivity index (χ0) is 13.7. The number of ether oxygens (including phenoxy) is 1. The Kier molecular flexibility index (Phi) is 5.17. The molecule has 0 amide bonds. The maximum Gasteiger partial charge on any atom is 0.334 e. The molecule has 0 aromatic rings. The molecule has 0 bridgehead atoms. The SMILES string of the molecule is C=C(C(=O)OCC=O)C(C1CCCC1)C1CCCC1. The smallest absolute Gasteiger partial charge is 0.334 e. The van der Waals surface area contributed by atoms with E-state index in [9.17, 15) is 9.59 Å². The van der Waals surface area contributed by atoms with Crippen LogP contribution in [-0.2, 0) is 14.3 Å². The third kappa shape index (κ3) is 3.46. The lowest BCUT2D eigenvalue weighted by Crippen LogP contribution is -2.27. The van der Waals surface area contributed by atoms with Crippen LogP contribution >= 0.6 is 0 Å². The van der Waals surface area contributed by atoms with Gasteiger partial charge in [-0.1, -0.05) is 32.3 Å². The number of hydrogen-bond acceptors (Lipinski definition) is 3. The van der Waals surface area contributed by atoms with Crippen molar-refractivity contribution in [1.29, 1.82) is 0 Å². The van der Waals surface area contributed by atoms with Gasteiger partial charge in [-0.2, -0.15) is 0 Å². The summed E-state index contributed by atoms with van der Waals surface area (Å²) in [5.41, 5.74) is 0.612. The largest absolute Gasteiger partial charge is 0.455 e. The second kappa shape index (κ2) is 6.88. The van der Waals surface area contributed by atoms with E-state index in [0.29, 0.717) is 23.7 Å². The highest BCUT2D eigenvalue weighted by molar-refractivity contribution is 5.89. The van der Waals surface area contributed by atoms with Crippen LogP contribution in [0.25, 0.3) is 0 Å². The van der Waals surface area contributed by atoms with E-state index in [0.717, 1.165) is 0 Å². The predicted molar refractivity (Wildman–Crippen MR) is 73.6 cm³/mol. The van der Waals surface area contributed by atoms with Crippen molar-refractivity contribution < 1.29 is 14.3 Å². The summed E-state index contributed by atoms with van der Waals surface area (Å²) in [6.07, 6.45) is 10.5. The normalized spacial score (nSPS) is 20.9. The number of carbonyl (C=O) groups is 2. The summed E-state index contributed by atoms with van der Waals surface area (Å²) < 4.78 is 4.95. The van der Waals surface area contributed by atoms with Crippen LogP contribution in [0.2, 0.25) is 0 Å². The van der Waals surface area contributed by atoms with Crippen molar-refractivity contribution in [1.82, 2.24) is 0 Å². The van der Waals surface area contributed by atoms with Crippen LogP contribution < -0.4 is 0 Å². The van der Waals surface area contributed by atoms with Gasteiger partial charge in [-0.25, -0.2) is 4.79 Å². The minimum atomic E-state index is -0.365. The van der Waals surface area contributed by atoms with Gasteiger partial charge in [0.15, 0.2) is 6.29 Å². The van der Waals surface area contributed by atoms with Gasteiger partial charge in [0.25, 0.3) is 0 Å². The molecule has 0 spiro atoms. The average molecular weight is 264 g/mol. The lowest BCUT2D eigenvalue weighted by molar-refractivity contribution is -0.142. The molecule has 0 aliphatic heterocycles. The summed E-state index contributed by atoms with van der Waals surface area (Å²) in [4.78, 5) is 22.3. The average Bonchev–Trinajstić information content (AvgIpc) is 3.09. The van der Waals surface area contributed by atoms with Crippen molar-refractivity contribution in [2.45, 2.75) is 51.4 Å². The number of esters is 1. The second-order valence-electron chi connectivity index (χ2n) is 5.91. The molecule has 0 N–H and O–H groups in total. The summed E-state index contributed by atoms with van der Waals surface area (Å²) >= 11 is 0. The molecule has 106 valence electrons. The predicted octanol–water partition coefficient (Wildman–Crippen LogP) is 3.28. The van der Waals surface area contributed by atoms with Gasteiger partial charge in [0, 0.05) is 5.57 Å². The van der Waals surface area contributed by atoms with Crippen molar-refractivity contribution in [3.8, 4) is 0 Å². The first-order valence-electron chi connectivity index (χ1n) is 7.53. The van der Waals surface area contributed by atoms with Gasteiger partial charge in [0.1, 0.15) is 6.61 Å². The maximum absolute atomic E-state index is 12.0. The van der Waals surface area contributed by atoms with Crippen molar-refractivity contribution in [2.75, 3.05) is 6.61 Å². The van der Waals surface area contributed by atoms with Crippen LogP contribution in [0.4, 0.5) is 0 Å². The van der Waals surface area contributed by atoms with E-state index in [2.05, 4.69) is 6.58 Å². The van der Waals surface area contributed by atoms with Crippen LogP contribution in [0.3, 0.4) is 0 Å². The van der Waals surface area contributed by atoms with Gasteiger partial charge >= 0.3 is 5.97 Å². The van der Waals surface area contributed by atoms with Gasteiger partial charge in [-0.3, -0.25) is 4.79 Å². The van der Waals surface area contributed by atoms with E-state index in [1.807, 2.05) is 0 Å². The monoisotopic (exact) mass is 264 g/mol. The van der Waals surface area contributed by atoms with Gasteiger partial charge in [-0.05, 0) is 43.4 Å². The van der Waals surface area contributed by atoms with Crippen molar-refractivity contribution in [3.05, 3.63) is 12.2 Å². The Balaban J connectivity index is 2.04. The van der Waals surface area contributed by atoms with Gasteiger partial charge < -0.3 is 4.74 Å². The summed E-state index contributed by atoms with van der Waals surface area (Å²) in [5, 5.41) is 0. The third-order valence-electron chi connectivity index (χ3n) is 4.76. The number of hydrogen-bond donors (Lipinski definition) is 0. The quantitative estimate of drug-likeness (QED) is 0.420. The summed E-state index contributed by atoms with van der Waals surface area (Å²) in [6, 6.07) is 0. The van der Waals surface area contributed by atoms with Crippen LogP contribution in [0.15, 0.2) is 12.2 Å². The Morgan fingerprint density at radius 2 is 1.58 bits per heavy atom. The maximum atomic E-state index is 12.0. The highest BCUT2D eigenvalue weighted by atomic mass is 16.5. The lowest BCUT2D eigenvalue weighted by Gasteiger charge is -2.30. The van der Waals surface area contributed by atoms with Crippen molar-refractivity contribution in [3.63, 3.8) is 0 Å². The molecule has 0 heterocycles. The topological polar surface area (TPSA) is 43.4 Å². The molecule has 0 saturated heterocycles. The van der Waals surface area contributed by atoms with Crippen LogP contribution in [0.1, 0.15) is 51.4 Å². The Bertz CT molecular complexity index is 320. The van der Waals surface area contributed by atoms with Crippen molar-refractivity contribution in [2.24, 2.45) is 17.8 Å². The molecule has 2 saturated carbocycles. The highest BCUT2D eigenvalue weighted by Crippen LogP contribution is 2.44. The number of aldehydes is 1. The third-order valence-corrected chi connectivity index (χ3v) is 4.76.